The molecular weight excluding hydrogens is 433 g/mol. The van der Waals surface area contributed by atoms with Crippen molar-refractivity contribution in [2.75, 3.05) is 5.32 Å². The van der Waals surface area contributed by atoms with Gasteiger partial charge in [-0.3, -0.25) is 4.79 Å². The Balaban J connectivity index is 2.35. The van der Waals surface area contributed by atoms with E-state index in [1.165, 1.54) is 6.07 Å². The van der Waals surface area contributed by atoms with Crippen molar-refractivity contribution >= 4 is 50.1 Å². The molecule has 0 saturated heterocycles. The van der Waals surface area contributed by atoms with E-state index in [4.69, 9.17) is 0 Å². The summed E-state index contributed by atoms with van der Waals surface area (Å²) >= 11 is 5.53. The minimum absolute atomic E-state index is 0.0182. The smallest absolute Gasteiger partial charge is 0.259 e. The Morgan fingerprint density at radius 2 is 1.80 bits per heavy atom. The number of hydrogen-bond acceptors (Lipinski definition) is 2. The van der Waals surface area contributed by atoms with Crippen LogP contribution in [0.5, 0.6) is 5.75 Å². The summed E-state index contributed by atoms with van der Waals surface area (Å²) in [6.45, 7) is 3.87. The molecule has 104 valence electrons. The van der Waals surface area contributed by atoms with E-state index in [1.54, 1.807) is 12.1 Å². The van der Waals surface area contributed by atoms with E-state index in [0.29, 0.717) is 0 Å². The van der Waals surface area contributed by atoms with Crippen molar-refractivity contribution in [3.8, 4) is 5.75 Å². The highest BCUT2D eigenvalue weighted by atomic mass is 127. The first-order valence-corrected chi connectivity index (χ1v) is 7.82. The lowest BCUT2D eigenvalue weighted by Crippen LogP contribution is -2.14. The molecular formula is C15H13BrINO2. The van der Waals surface area contributed by atoms with Gasteiger partial charge in [0.25, 0.3) is 5.91 Å². The van der Waals surface area contributed by atoms with Crippen LogP contribution < -0.4 is 5.32 Å². The number of rotatable bonds is 2. The predicted molar refractivity (Wildman–Crippen MR) is 92.4 cm³/mol. The van der Waals surface area contributed by atoms with Crippen LogP contribution in [0, 0.1) is 17.4 Å². The van der Waals surface area contributed by atoms with Gasteiger partial charge in [-0.1, -0.05) is 15.9 Å². The molecule has 2 aromatic rings. The normalized spacial score (nSPS) is 10.4. The highest BCUT2D eigenvalue weighted by molar-refractivity contribution is 14.1. The molecule has 0 fully saturated rings. The Kier molecular flexibility index (Phi) is 4.70. The van der Waals surface area contributed by atoms with Crippen LogP contribution in [0.3, 0.4) is 0 Å². The summed E-state index contributed by atoms with van der Waals surface area (Å²) in [5.41, 5.74) is 2.99. The molecule has 0 atom stereocenters. The third-order valence-corrected chi connectivity index (χ3v) is 4.07. The molecule has 0 aliphatic carbocycles. The van der Waals surface area contributed by atoms with Crippen molar-refractivity contribution in [1.29, 1.82) is 0 Å². The van der Waals surface area contributed by atoms with Crippen LogP contribution in [-0.2, 0) is 0 Å². The summed E-state index contributed by atoms with van der Waals surface area (Å²) in [5.74, 6) is -0.329. The summed E-state index contributed by atoms with van der Waals surface area (Å²) < 4.78 is 1.87. The zero-order valence-corrected chi connectivity index (χ0v) is 14.7. The molecule has 0 saturated carbocycles. The zero-order chi connectivity index (χ0) is 14.9. The van der Waals surface area contributed by atoms with E-state index < -0.39 is 0 Å². The maximum atomic E-state index is 12.3. The van der Waals surface area contributed by atoms with Crippen LogP contribution in [0.1, 0.15) is 21.5 Å². The molecule has 2 N–H and O–H groups in total. The molecule has 0 spiro atoms. The number of anilines is 1. The van der Waals surface area contributed by atoms with Crippen molar-refractivity contribution in [2.45, 2.75) is 13.8 Å². The predicted octanol–water partition coefficient (Wildman–Crippen LogP) is 4.63. The minimum Gasteiger partial charge on any atom is -0.507 e. The molecule has 1 amide bonds. The van der Waals surface area contributed by atoms with Crippen molar-refractivity contribution in [3.05, 3.63) is 55.1 Å². The van der Waals surface area contributed by atoms with Crippen molar-refractivity contribution in [2.24, 2.45) is 0 Å². The van der Waals surface area contributed by atoms with Crippen LogP contribution in [-0.4, -0.2) is 11.0 Å². The molecule has 2 aromatic carbocycles. The summed E-state index contributed by atoms with van der Waals surface area (Å²) in [7, 11) is 0. The average molecular weight is 446 g/mol. The lowest BCUT2D eigenvalue weighted by atomic mass is 10.1. The Labute approximate surface area is 139 Å². The SMILES string of the molecule is Cc1cc(Br)cc(C)c1NC(=O)c1cc(I)ccc1O. The van der Waals surface area contributed by atoms with Gasteiger partial charge in [-0.2, -0.15) is 0 Å². The van der Waals surface area contributed by atoms with E-state index in [9.17, 15) is 9.90 Å². The molecule has 0 bridgehead atoms. The molecule has 0 radical (unpaired) electrons. The number of nitrogens with one attached hydrogen (secondary N) is 1. The monoisotopic (exact) mass is 445 g/mol. The largest absolute Gasteiger partial charge is 0.507 e. The highest BCUT2D eigenvalue weighted by Crippen LogP contribution is 2.27. The maximum absolute atomic E-state index is 12.3. The summed E-state index contributed by atoms with van der Waals surface area (Å²) in [6, 6.07) is 8.82. The van der Waals surface area contributed by atoms with Crippen molar-refractivity contribution in [1.82, 2.24) is 0 Å². The fourth-order valence-corrected chi connectivity index (χ4v) is 3.16. The second-order valence-electron chi connectivity index (χ2n) is 4.53. The first kappa shape index (κ1) is 15.3. The minimum atomic E-state index is -0.311. The van der Waals surface area contributed by atoms with Crippen LogP contribution in [0.15, 0.2) is 34.8 Å². The van der Waals surface area contributed by atoms with E-state index in [0.717, 1.165) is 24.9 Å². The van der Waals surface area contributed by atoms with E-state index in [2.05, 4.69) is 43.8 Å². The summed E-state index contributed by atoms with van der Waals surface area (Å²) in [6.07, 6.45) is 0. The van der Waals surface area contributed by atoms with E-state index in [-0.39, 0.29) is 17.2 Å². The van der Waals surface area contributed by atoms with Gasteiger partial charge in [-0.05, 0) is 77.9 Å². The molecule has 0 aromatic heterocycles. The third-order valence-electron chi connectivity index (χ3n) is 2.94. The van der Waals surface area contributed by atoms with Crippen LogP contribution in [0.4, 0.5) is 5.69 Å². The molecule has 0 unspecified atom stereocenters. The Morgan fingerprint density at radius 3 is 2.40 bits per heavy atom. The zero-order valence-electron chi connectivity index (χ0n) is 11.0. The average Bonchev–Trinajstić information content (AvgIpc) is 2.36. The lowest BCUT2D eigenvalue weighted by molar-refractivity contribution is 0.102. The standard InChI is InChI=1S/C15H13BrINO2/c1-8-5-10(16)6-9(2)14(8)18-15(20)12-7-11(17)3-4-13(12)19/h3-7,19H,1-2H3,(H,18,20). The molecule has 0 heterocycles. The highest BCUT2D eigenvalue weighted by Gasteiger charge is 2.14. The van der Waals surface area contributed by atoms with Gasteiger partial charge < -0.3 is 10.4 Å². The topological polar surface area (TPSA) is 49.3 Å². The Hall–Kier alpha value is -1.08. The second-order valence-corrected chi connectivity index (χ2v) is 6.69. The molecule has 3 nitrogen and oxygen atoms in total. The number of hydrogen-bond donors (Lipinski definition) is 2. The van der Waals surface area contributed by atoms with Gasteiger partial charge in [0.1, 0.15) is 5.75 Å². The number of carbonyl (C=O) groups is 1. The molecule has 0 aliphatic rings. The third kappa shape index (κ3) is 3.32. The molecule has 20 heavy (non-hydrogen) atoms. The summed E-state index contributed by atoms with van der Waals surface area (Å²) in [5, 5.41) is 12.7. The first-order valence-electron chi connectivity index (χ1n) is 5.95. The number of phenols is 1. The number of amides is 1. The van der Waals surface area contributed by atoms with Gasteiger partial charge in [-0.25, -0.2) is 0 Å². The van der Waals surface area contributed by atoms with E-state index >= 15 is 0 Å². The Bertz CT molecular complexity index is 663. The first-order chi connectivity index (χ1) is 9.38. The number of carbonyl (C=O) groups excluding carboxylic acids is 1. The van der Waals surface area contributed by atoms with Gasteiger partial charge in [0.05, 0.1) is 5.56 Å². The number of phenolic OH excluding ortho intramolecular Hbond substituents is 1. The Morgan fingerprint density at radius 1 is 1.20 bits per heavy atom. The fraction of sp³-hybridized carbons (Fsp3) is 0.133. The number of aryl methyl sites for hydroxylation is 2. The lowest BCUT2D eigenvalue weighted by Gasteiger charge is -2.13. The van der Waals surface area contributed by atoms with Crippen LogP contribution >= 0.6 is 38.5 Å². The quantitative estimate of drug-likeness (QED) is 0.662. The number of benzene rings is 2. The van der Waals surface area contributed by atoms with Crippen molar-refractivity contribution < 1.29 is 9.90 Å². The fourth-order valence-electron chi connectivity index (χ4n) is 1.98. The van der Waals surface area contributed by atoms with Crippen LogP contribution in [0.2, 0.25) is 0 Å². The molecule has 2 rings (SSSR count). The van der Waals surface area contributed by atoms with E-state index in [1.807, 2.05) is 26.0 Å². The second kappa shape index (κ2) is 6.13. The van der Waals surface area contributed by atoms with Gasteiger partial charge in [0.2, 0.25) is 0 Å². The molecule has 0 aliphatic heterocycles. The summed E-state index contributed by atoms with van der Waals surface area (Å²) in [4.78, 5) is 12.3. The number of halogens is 2. The van der Waals surface area contributed by atoms with Crippen molar-refractivity contribution in [3.63, 3.8) is 0 Å². The van der Waals surface area contributed by atoms with Gasteiger partial charge in [0, 0.05) is 13.7 Å². The maximum Gasteiger partial charge on any atom is 0.259 e. The van der Waals surface area contributed by atoms with Gasteiger partial charge in [-0.15, -0.1) is 0 Å². The van der Waals surface area contributed by atoms with Gasteiger partial charge >= 0.3 is 0 Å². The number of aromatic hydroxyl groups is 1. The van der Waals surface area contributed by atoms with Crippen LogP contribution in [0.25, 0.3) is 0 Å². The molecule has 5 heteroatoms. The van der Waals surface area contributed by atoms with Gasteiger partial charge in [0.15, 0.2) is 0 Å².